The first-order chi connectivity index (χ1) is 11.5. The molecule has 0 radical (unpaired) electrons. The highest BCUT2D eigenvalue weighted by molar-refractivity contribution is 6.30. The van der Waals surface area contributed by atoms with Crippen LogP contribution in [0.2, 0.25) is 5.02 Å². The molecular weight excluding hydrogens is 324 g/mol. The summed E-state index contributed by atoms with van der Waals surface area (Å²) in [7, 11) is 1.77. The van der Waals surface area contributed by atoms with Gasteiger partial charge in [-0.1, -0.05) is 23.7 Å². The predicted octanol–water partition coefficient (Wildman–Crippen LogP) is 3.74. The Morgan fingerprint density at radius 3 is 2.38 bits per heavy atom. The number of rotatable bonds is 4. The van der Waals surface area contributed by atoms with Crippen molar-refractivity contribution in [3.63, 3.8) is 0 Å². The fourth-order valence-corrected chi connectivity index (χ4v) is 2.99. The molecule has 0 aliphatic carbocycles. The number of carbonyl (C=O) groups excluding carboxylic acids is 2. The van der Waals surface area contributed by atoms with Crippen LogP contribution in [0.15, 0.2) is 48.5 Å². The van der Waals surface area contributed by atoms with Gasteiger partial charge < -0.3 is 9.80 Å². The fourth-order valence-electron chi connectivity index (χ4n) is 2.86. The van der Waals surface area contributed by atoms with Crippen molar-refractivity contribution in [3.8, 4) is 0 Å². The van der Waals surface area contributed by atoms with E-state index in [4.69, 9.17) is 11.6 Å². The number of hydrogen-bond acceptors (Lipinski definition) is 2. The van der Waals surface area contributed by atoms with Crippen LogP contribution in [-0.4, -0.2) is 30.3 Å². The van der Waals surface area contributed by atoms with Crippen molar-refractivity contribution < 1.29 is 9.59 Å². The lowest BCUT2D eigenvalue weighted by atomic mass is 10.1. The molecule has 1 heterocycles. The summed E-state index contributed by atoms with van der Waals surface area (Å²) in [4.78, 5) is 27.7. The van der Waals surface area contributed by atoms with Gasteiger partial charge in [0.2, 0.25) is 5.91 Å². The summed E-state index contributed by atoms with van der Waals surface area (Å²) in [5.41, 5.74) is 2.49. The van der Waals surface area contributed by atoms with Crippen molar-refractivity contribution in [1.82, 2.24) is 4.90 Å². The maximum atomic E-state index is 12.5. The summed E-state index contributed by atoms with van der Waals surface area (Å²) in [5, 5.41) is 0.680. The van der Waals surface area contributed by atoms with E-state index < -0.39 is 0 Å². The zero-order chi connectivity index (χ0) is 17.1. The van der Waals surface area contributed by atoms with Crippen LogP contribution in [0.4, 0.5) is 5.69 Å². The Balaban J connectivity index is 1.67. The van der Waals surface area contributed by atoms with E-state index in [1.165, 1.54) is 0 Å². The van der Waals surface area contributed by atoms with E-state index in [2.05, 4.69) is 0 Å². The van der Waals surface area contributed by atoms with Gasteiger partial charge >= 0.3 is 0 Å². The molecule has 0 N–H and O–H groups in total. The van der Waals surface area contributed by atoms with Crippen LogP contribution < -0.4 is 4.90 Å². The molecular formula is C19H19ClN2O2. The summed E-state index contributed by atoms with van der Waals surface area (Å²) >= 11 is 5.88. The van der Waals surface area contributed by atoms with Crippen LogP contribution >= 0.6 is 11.6 Å². The first-order valence-electron chi connectivity index (χ1n) is 7.95. The molecule has 0 spiro atoms. The molecule has 2 aromatic carbocycles. The van der Waals surface area contributed by atoms with Crippen molar-refractivity contribution >= 4 is 29.1 Å². The topological polar surface area (TPSA) is 40.6 Å². The smallest absolute Gasteiger partial charge is 0.253 e. The fraction of sp³-hybridized carbons (Fsp3) is 0.263. The minimum absolute atomic E-state index is 0.0516. The highest BCUT2D eigenvalue weighted by atomic mass is 35.5. The van der Waals surface area contributed by atoms with Crippen LogP contribution in [0.1, 0.15) is 28.8 Å². The monoisotopic (exact) mass is 342 g/mol. The predicted molar refractivity (Wildman–Crippen MR) is 95.3 cm³/mol. The van der Waals surface area contributed by atoms with Crippen LogP contribution in [0.5, 0.6) is 0 Å². The molecule has 1 aliphatic heterocycles. The van der Waals surface area contributed by atoms with Crippen molar-refractivity contribution in [2.75, 3.05) is 18.5 Å². The summed E-state index contributed by atoms with van der Waals surface area (Å²) in [6.45, 7) is 1.27. The zero-order valence-electron chi connectivity index (χ0n) is 13.5. The first kappa shape index (κ1) is 16.5. The summed E-state index contributed by atoms with van der Waals surface area (Å²) in [6, 6.07) is 14.7. The Kier molecular flexibility index (Phi) is 4.86. The van der Waals surface area contributed by atoms with E-state index in [0.717, 1.165) is 24.2 Å². The Morgan fingerprint density at radius 2 is 1.79 bits per heavy atom. The molecule has 4 nitrogen and oxygen atoms in total. The van der Waals surface area contributed by atoms with Gasteiger partial charge in [-0.25, -0.2) is 0 Å². The van der Waals surface area contributed by atoms with Crippen LogP contribution in [-0.2, 0) is 11.3 Å². The lowest BCUT2D eigenvalue weighted by Crippen LogP contribution is -2.26. The Morgan fingerprint density at radius 1 is 1.12 bits per heavy atom. The third-order valence-corrected chi connectivity index (χ3v) is 4.43. The molecule has 5 heteroatoms. The maximum Gasteiger partial charge on any atom is 0.253 e. The number of halogens is 1. The van der Waals surface area contributed by atoms with Gasteiger partial charge in [-0.3, -0.25) is 9.59 Å². The molecule has 124 valence electrons. The van der Waals surface area contributed by atoms with E-state index in [1.807, 2.05) is 36.4 Å². The van der Waals surface area contributed by atoms with Crippen molar-refractivity contribution in [2.24, 2.45) is 0 Å². The third kappa shape index (κ3) is 3.60. The molecule has 0 aromatic heterocycles. The average molecular weight is 343 g/mol. The second-order valence-corrected chi connectivity index (χ2v) is 6.42. The Labute approximate surface area is 146 Å². The lowest BCUT2D eigenvalue weighted by molar-refractivity contribution is -0.117. The van der Waals surface area contributed by atoms with E-state index in [1.54, 1.807) is 29.0 Å². The van der Waals surface area contributed by atoms with Gasteiger partial charge in [0.25, 0.3) is 5.91 Å². The maximum absolute atomic E-state index is 12.5. The van der Waals surface area contributed by atoms with Gasteiger partial charge in [0.05, 0.1) is 0 Å². The molecule has 0 unspecified atom stereocenters. The van der Waals surface area contributed by atoms with E-state index in [9.17, 15) is 9.59 Å². The van der Waals surface area contributed by atoms with Crippen molar-refractivity contribution in [3.05, 3.63) is 64.7 Å². The lowest BCUT2D eigenvalue weighted by Gasteiger charge is -2.19. The van der Waals surface area contributed by atoms with E-state index >= 15 is 0 Å². The Hall–Kier alpha value is -2.33. The Bertz CT molecular complexity index is 741. The van der Waals surface area contributed by atoms with E-state index in [-0.39, 0.29) is 11.8 Å². The molecule has 3 rings (SSSR count). The van der Waals surface area contributed by atoms with Crippen LogP contribution in [0.25, 0.3) is 0 Å². The molecule has 1 saturated heterocycles. The largest absolute Gasteiger partial charge is 0.337 e. The quantitative estimate of drug-likeness (QED) is 0.849. The molecule has 0 bridgehead atoms. The van der Waals surface area contributed by atoms with Gasteiger partial charge in [-0.05, 0) is 48.4 Å². The normalized spacial score (nSPS) is 14.1. The second-order valence-electron chi connectivity index (χ2n) is 5.98. The number of anilines is 1. The number of nitrogens with zero attached hydrogens (tertiary/aromatic N) is 2. The SMILES string of the molecule is CN(Cc1ccc(Cl)cc1)C(=O)c1ccc(N2CCCC2=O)cc1. The summed E-state index contributed by atoms with van der Waals surface area (Å²) in [5.74, 6) is 0.0955. The standard InChI is InChI=1S/C19H19ClN2O2/c1-21(13-14-4-8-16(20)9-5-14)19(24)15-6-10-17(11-7-15)22-12-2-3-18(22)23/h4-11H,2-3,12-13H2,1H3. The third-order valence-electron chi connectivity index (χ3n) is 4.18. The molecule has 0 atom stereocenters. The van der Waals surface area contributed by atoms with Gasteiger partial charge in [0.15, 0.2) is 0 Å². The highest BCUT2D eigenvalue weighted by Crippen LogP contribution is 2.22. The van der Waals surface area contributed by atoms with Crippen LogP contribution in [0, 0.1) is 0 Å². The minimum atomic E-state index is -0.0516. The number of amides is 2. The first-order valence-corrected chi connectivity index (χ1v) is 8.33. The number of carbonyl (C=O) groups is 2. The van der Waals surface area contributed by atoms with Gasteiger partial charge in [-0.2, -0.15) is 0 Å². The molecule has 1 fully saturated rings. The minimum Gasteiger partial charge on any atom is -0.337 e. The van der Waals surface area contributed by atoms with Crippen LogP contribution in [0.3, 0.4) is 0 Å². The van der Waals surface area contributed by atoms with Gasteiger partial charge in [0, 0.05) is 42.8 Å². The molecule has 2 aromatic rings. The van der Waals surface area contributed by atoms with Crippen molar-refractivity contribution in [2.45, 2.75) is 19.4 Å². The van der Waals surface area contributed by atoms with E-state index in [0.29, 0.717) is 23.6 Å². The number of benzene rings is 2. The molecule has 0 saturated carbocycles. The zero-order valence-corrected chi connectivity index (χ0v) is 14.3. The van der Waals surface area contributed by atoms with Gasteiger partial charge in [0.1, 0.15) is 0 Å². The average Bonchev–Trinajstić information content (AvgIpc) is 3.02. The molecule has 24 heavy (non-hydrogen) atoms. The van der Waals surface area contributed by atoms with Gasteiger partial charge in [-0.15, -0.1) is 0 Å². The second kappa shape index (κ2) is 7.05. The molecule has 1 aliphatic rings. The number of hydrogen-bond donors (Lipinski definition) is 0. The molecule has 2 amide bonds. The highest BCUT2D eigenvalue weighted by Gasteiger charge is 2.22. The van der Waals surface area contributed by atoms with Crippen molar-refractivity contribution in [1.29, 1.82) is 0 Å². The summed E-state index contributed by atoms with van der Waals surface area (Å²) < 4.78 is 0. The summed E-state index contributed by atoms with van der Waals surface area (Å²) in [6.07, 6.45) is 1.49.